The second-order valence-electron chi connectivity index (χ2n) is 9.07. The summed E-state index contributed by atoms with van der Waals surface area (Å²) in [5.41, 5.74) is 12.1. The van der Waals surface area contributed by atoms with Gasteiger partial charge in [0.05, 0.1) is 13.2 Å². The maximum Gasteiger partial charge on any atom is 0.410 e. The van der Waals surface area contributed by atoms with Crippen LogP contribution >= 0.6 is 0 Å². The number of amides is 3. The second-order valence-corrected chi connectivity index (χ2v) is 9.07. The zero-order chi connectivity index (χ0) is 25.9. The molecule has 35 heavy (non-hydrogen) atoms. The number of carbonyl (C=O) groups excluding carboxylic acids is 3. The molecule has 1 fully saturated rings. The molecule has 5 N–H and O–H groups in total. The average Bonchev–Trinajstić information content (AvgIpc) is 3.40. The molecule has 1 aromatic heterocycles. The third-order valence-corrected chi connectivity index (χ3v) is 5.31. The molecule has 3 rings (SSSR count). The second kappa shape index (κ2) is 9.97. The zero-order valence-corrected chi connectivity index (χ0v) is 20.5. The topological polar surface area (TPSA) is 155 Å². The van der Waals surface area contributed by atoms with Crippen LogP contribution < -0.4 is 21.5 Å². The van der Waals surface area contributed by atoms with Crippen LogP contribution in [0.3, 0.4) is 0 Å². The van der Waals surface area contributed by atoms with Gasteiger partial charge in [0.2, 0.25) is 0 Å². The smallest absolute Gasteiger partial charge is 0.410 e. The first kappa shape index (κ1) is 25.4. The van der Waals surface area contributed by atoms with Crippen molar-refractivity contribution in [3.63, 3.8) is 0 Å². The number of likely N-dealkylation sites (tertiary alicyclic amines) is 1. The summed E-state index contributed by atoms with van der Waals surface area (Å²) in [6, 6.07) is 4.56. The molecule has 1 saturated heterocycles. The lowest BCUT2D eigenvalue weighted by molar-refractivity contribution is 0.0288. The van der Waals surface area contributed by atoms with E-state index in [1.54, 1.807) is 43.9 Å². The Bertz CT molecular complexity index is 1220. The molecular weight excluding hydrogens is 452 g/mol. The van der Waals surface area contributed by atoms with Gasteiger partial charge < -0.3 is 31.2 Å². The van der Waals surface area contributed by atoms with Gasteiger partial charge in [0.15, 0.2) is 5.69 Å². The van der Waals surface area contributed by atoms with Crippen LogP contribution in [0.25, 0.3) is 0 Å². The number of nitrogens with one attached hydrogen (secondary N) is 1. The third kappa shape index (κ3) is 5.84. The molecule has 2 aromatic rings. The summed E-state index contributed by atoms with van der Waals surface area (Å²) in [5.74, 6) is 5.20. The first-order valence-corrected chi connectivity index (χ1v) is 11.0. The van der Waals surface area contributed by atoms with Crippen LogP contribution in [0.15, 0.2) is 18.2 Å². The van der Waals surface area contributed by atoms with E-state index in [0.717, 1.165) is 0 Å². The van der Waals surface area contributed by atoms with Gasteiger partial charge in [-0.25, -0.2) is 9.48 Å². The number of anilines is 1. The molecule has 11 heteroatoms. The molecule has 1 atom stereocenters. The Morgan fingerprint density at radius 2 is 1.91 bits per heavy atom. The molecule has 186 valence electrons. The van der Waals surface area contributed by atoms with E-state index in [0.29, 0.717) is 36.4 Å². The van der Waals surface area contributed by atoms with Crippen molar-refractivity contribution in [3.8, 4) is 17.6 Å². The largest absolute Gasteiger partial charge is 0.497 e. The van der Waals surface area contributed by atoms with Crippen LogP contribution in [0.2, 0.25) is 0 Å². The number of primary amides is 1. The van der Waals surface area contributed by atoms with E-state index in [-0.39, 0.29) is 29.0 Å². The Labute approximate surface area is 203 Å². The molecule has 3 amide bonds. The van der Waals surface area contributed by atoms with E-state index in [1.165, 1.54) is 18.8 Å². The average molecular weight is 483 g/mol. The van der Waals surface area contributed by atoms with Gasteiger partial charge in [-0.3, -0.25) is 9.59 Å². The van der Waals surface area contributed by atoms with Crippen LogP contribution in [0, 0.1) is 11.8 Å². The minimum Gasteiger partial charge on any atom is -0.497 e. The highest BCUT2D eigenvalue weighted by atomic mass is 16.6. The molecule has 0 spiro atoms. The van der Waals surface area contributed by atoms with Crippen LogP contribution in [0.1, 0.15) is 65.2 Å². The highest BCUT2D eigenvalue weighted by Gasteiger charge is 2.33. The third-order valence-electron chi connectivity index (χ3n) is 5.31. The van der Waals surface area contributed by atoms with E-state index in [9.17, 15) is 14.4 Å². The standard InChI is InChI=1S/C24H30N6O5/c1-24(2,3)35-23(33)29-9-8-16(13-29)30-20(25)19(21(26)31)18(28-30)7-6-14-10-15(22(32)27-4)12-17(11-14)34-5/h10-12,16H,8-9,13,25H2,1-5H3,(H2,26,31)(H,27,32). The number of hydrogen-bond acceptors (Lipinski definition) is 7. The van der Waals surface area contributed by atoms with Crippen molar-refractivity contribution in [1.82, 2.24) is 20.0 Å². The molecular formula is C24H30N6O5. The van der Waals surface area contributed by atoms with Crippen LogP contribution in [-0.2, 0) is 4.74 Å². The number of aromatic nitrogens is 2. The maximum atomic E-state index is 12.4. The van der Waals surface area contributed by atoms with Gasteiger partial charge in [-0.05, 0) is 51.3 Å². The highest BCUT2D eigenvalue weighted by Crippen LogP contribution is 2.28. The number of rotatable bonds is 4. The maximum absolute atomic E-state index is 12.4. The van der Waals surface area contributed by atoms with Crippen molar-refractivity contribution in [2.75, 3.05) is 33.0 Å². The molecule has 1 aliphatic heterocycles. The fraction of sp³-hybridized carbons (Fsp3) is 0.417. The zero-order valence-electron chi connectivity index (χ0n) is 20.5. The summed E-state index contributed by atoms with van der Waals surface area (Å²) in [4.78, 5) is 38.2. The Balaban J connectivity index is 1.92. The van der Waals surface area contributed by atoms with Gasteiger partial charge in [-0.1, -0.05) is 5.92 Å². The molecule has 0 saturated carbocycles. The monoisotopic (exact) mass is 482 g/mol. The van der Waals surface area contributed by atoms with Crippen molar-refractivity contribution in [1.29, 1.82) is 0 Å². The predicted molar refractivity (Wildman–Crippen MR) is 129 cm³/mol. The van der Waals surface area contributed by atoms with Gasteiger partial charge in [0.25, 0.3) is 11.8 Å². The first-order chi connectivity index (χ1) is 16.4. The van der Waals surface area contributed by atoms with Gasteiger partial charge in [-0.2, -0.15) is 5.10 Å². The van der Waals surface area contributed by atoms with Gasteiger partial charge in [-0.15, -0.1) is 0 Å². The number of hydrogen-bond donors (Lipinski definition) is 3. The Morgan fingerprint density at radius 3 is 2.51 bits per heavy atom. The van der Waals surface area contributed by atoms with E-state index >= 15 is 0 Å². The fourth-order valence-corrected chi connectivity index (χ4v) is 3.69. The van der Waals surface area contributed by atoms with E-state index in [1.807, 2.05) is 0 Å². The molecule has 0 aliphatic carbocycles. The molecule has 1 aliphatic rings. The van der Waals surface area contributed by atoms with Crippen LogP contribution in [0.5, 0.6) is 5.75 Å². The molecule has 1 unspecified atom stereocenters. The van der Waals surface area contributed by atoms with Crippen molar-refractivity contribution in [2.24, 2.45) is 5.73 Å². The first-order valence-electron chi connectivity index (χ1n) is 11.0. The summed E-state index contributed by atoms with van der Waals surface area (Å²) >= 11 is 0. The van der Waals surface area contributed by atoms with Crippen molar-refractivity contribution >= 4 is 23.7 Å². The molecule has 0 radical (unpaired) electrons. The van der Waals surface area contributed by atoms with Crippen molar-refractivity contribution < 1.29 is 23.9 Å². The lowest BCUT2D eigenvalue weighted by Crippen LogP contribution is -2.35. The molecule has 11 nitrogen and oxygen atoms in total. The number of methoxy groups -OCH3 is 1. The van der Waals surface area contributed by atoms with Crippen LogP contribution in [0.4, 0.5) is 10.6 Å². The Hall–Kier alpha value is -4.20. The van der Waals surface area contributed by atoms with Gasteiger partial charge in [0.1, 0.15) is 22.7 Å². The summed E-state index contributed by atoms with van der Waals surface area (Å²) in [6.07, 6.45) is 0.146. The minimum absolute atomic E-state index is 0.00244. The minimum atomic E-state index is -0.767. The fourth-order valence-electron chi connectivity index (χ4n) is 3.69. The number of ether oxygens (including phenoxy) is 2. The summed E-state index contributed by atoms with van der Waals surface area (Å²) in [7, 11) is 3.00. The summed E-state index contributed by atoms with van der Waals surface area (Å²) < 4.78 is 12.2. The quantitative estimate of drug-likeness (QED) is 0.558. The van der Waals surface area contributed by atoms with E-state index < -0.39 is 17.6 Å². The van der Waals surface area contributed by atoms with Crippen LogP contribution in [-0.4, -0.2) is 65.4 Å². The predicted octanol–water partition coefficient (Wildman–Crippen LogP) is 1.51. The van der Waals surface area contributed by atoms with E-state index in [2.05, 4.69) is 22.3 Å². The SMILES string of the molecule is CNC(=O)c1cc(C#Cc2nn(C3CCN(C(=O)OC(C)(C)C)C3)c(N)c2C(N)=O)cc(OC)c1. The number of nitrogen functional groups attached to an aromatic ring is 1. The molecule has 1 aromatic carbocycles. The molecule has 2 heterocycles. The lowest BCUT2D eigenvalue weighted by Gasteiger charge is -2.24. The normalized spacial score (nSPS) is 15.2. The summed E-state index contributed by atoms with van der Waals surface area (Å²) in [6.45, 7) is 6.17. The Kier molecular flexibility index (Phi) is 7.24. The highest BCUT2D eigenvalue weighted by molar-refractivity contribution is 5.99. The summed E-state index contributed by atoms with van der Waals surface area (Å²) in [5, 5.41) is 6.99. The van der Waals surface area contributed by atoms with Crippen molar-refractivity contribution in [2.45, 2.75) is 38.8 Å². The number of benzene rings is 1. The lowest BCUT2D eigenvalue weighted by atomic mass is 10.1. The molecule has 0 bridgehead atoms. The number of nitrogens with zero attached hydrogens (tertiary/aromatic N) is 3. The number of carbonyl (C=O) groups is 3. The Morgan fingerprint density at radius 1 is 1.20 bits per heavy atom. The van der Waals surface area contributed by atoms with Crippen molar-refractivity contribution in [3.05, 3.63) is 40.6 Å². The van der Waals surface area contributed by atoms with E-state index in [4.69, 9.17) is 20.9 Å². The van der Waals surface area contributed by atoms with Gasteiger partial charge >= 0.3 is 6.09 Å². The number of nitrogens with two attached hydrogens (primary N) is 2. The van der Waals surface area contributed by atoms with Gasteiger partial charge in [0, 0.05) is 31.3 Å².